The minimum absolute atomic E-state index is 0. The molecule has 0 atom stereocenters. The van der Waals surface area contributed by atoms with Crippen LogP contribution in [-0.4, -0.2) is 69.4 Å². The predicted octanol–water partition coefficient (Wildman–Crippen LogP) is 4.72. The number of anilines is 1. The second-order valence-corrected chi connectivity index (χ2v) is 9.20. The number of morpholine rings is 1. The molecule has 0 aliphatic carbocycles. The summed E-state index contributed by atoms with van der Waals surface area (Å²) in [6.07, 6.45) is 0.848. The molecule has 1 aliphatic rings. The fourth-order valence-electron chi connectivity index (χ4n) is 4.06. The fourth-order valence-corrected chi connectivity index (χ4v) is 5.16. The largest absolute Gasteiger partial charge is 0.495 e. The van der Waals surface area contributed by atoms with E-state index in [1.807, 2.05) is 49.1 Å². The van der Waals surface area contributed by atoms with Crippen molar-refractivity contribution < 1.29 is 19.0 Å². The van der Waals surface area contributed by atoms with Crippen LogP contribution in [0.2, 0.25) is 0 Å². The van der Waals surface area contributed by atoms with E-state index < -0.39 is 0 Å². The van der Waals surface area contributed by atoms with Crippen LogP contribution < -0.4 is 14.4 Å². The number of hydrogen-bond donors (Lipinski definition) is 0. The maximum absolute atomic E-state index is 13.8. The Hall–Kier alpha value is -2.39. The Bertz CT molecular complexity index is 1090. The summed E-state index contributed by atoms with van der Waals surface area (Å²) in [7, 11) is 3.27. The normalized spacial score (nSPS) is 14.0. The van der Waals surface area contributed by atoms with E-state index in [1.54, 1.807) is 14.2 Å². The molecule has 0 spiro atoms. The number of aryl methyl sites for hydroxylation is 2. The zero-order chi connectivity index (χ0) is 23.4. The molecule has 7 nitrogen and oxygen atoms in total. The molecule has 0 radical (unpaired) electrons. The number of methoxy groups -OCH3 is 2. The standard InChI is InChI=1S/C25H31N3O4S.ClH/c1-17-6-7-18(2)19(16-17)24(29)28(11-5-10-27-12-14-32-15-13-27)25-26-22-20(30-3)8-9-21(31-4)23(22)33-25;/h6-9,16H,5,10-15H2,1-4H3;1H. The minimum atomic E-state index is -0.0323. The number of rotatable bonds is 8. The van der Waals surface area contributed by atoms with Crippen molar-refractivity contribution in [3.63, 3.8) is 0 Å². The van der Waals surface area contributed by atoms with Gasteiger partial charge in [-0.3, -0.25) is 14.6 Å². The monoisotopic (exact) mass is 505 g/mol. The summed E-state index contributed by atoms with van der Waals surface area (Å²) in [5.41, 5.74) is 3.44. The van der Waals surface area contributed by atoms with Gasteiger partial charge in [0.15, 0.2) is 5.13 Å². The lowest BCUT2D eigenvalue weighted by molar-refractivity contribution is 0.0376. The van der Waals surface area contributed by atoms with Crippen LogP contribution in [0, 0.1) is 13.8 Å². The van der Waals surface area contributed by atoms with Crippen LogP contribution in [0.1, 0.15) is 27.9 Å². The number of thiazole rings is 1. The molecule has 2 aromatic carbocycles. The molecular weight excluding hydrogens is 474 g/mol. The number of amides is 1. The number of aromatic nitrogens is 1. The van der Waals surface area contributed by atoms with Gasteiger partial charge in [0, 0.05) is 31.7 Å². The first-order valence-electron chi connectivity index (χ1n) is 11.2. The van der Waals surface area contributed by atoms with E-state index in [9.17, 15) is 4.79 Å². The third-order valence-corrected chi connectivity index (χ3v) is 7.05. The number of carbonyl (C=O) groups is 1. The Morgan fingerprint density at radius 3 is 2.53 bits per heavy atom. The molecule has 1 fully saturated rings. The number of fused-ring (bicyclic) bond motifs is 1. The van der Waals surface area contributed by atoms with Crippen molar-refractivity contribution in [2.75, 3.05) is 58.5 Å². The van der Waals surface area contributed by atoms with Gasteiger partial charge in [-0.1, -0.05) is 29.0 Å². The van der Waals surface area contributed by atoms with Crippen LogP contribution in [-0.2, 0) is 4.74 Å². The van der Waals surface area contributed by atoms with Gasteiger partial charge in [-0.25, -0.2) is 4.98 Å². The summed E-state index contributed by atoms with van der Waals surface area (Å²) in [6, 6.07) is 9.71. The van der Waals surface area contributed by atoms with E-state index in [0.717, 1.165) is 60.8 Å². The first-order chi connectivity index (χ1) is 16.0. The van der Waals surface area contributed by atoms with E-state index in [0.29, 0.717) is 28.5 Å². The summed E-state index contributed by atoms with van der Waals surface area (Å²) < 4.78 is 17.4. The maximum atomic E-state index is 13.8. The second kappa shape index (κ2) is 11.8. The molecule has 2 heterocycles. The highest BCUT2D eigenvalue weighted by molar-refractivity contribution is 7.22. The number of carbonyl (C=O) groups excluding carboxylic acids is 1. The lowest BCUT2D eigenvalue weighted by Gasteiger charge is -2.28. The summed E-state index contributed by atoms with van der Waals surface area (Å²) in [5, 5.41) is 0.653. The Kier molecular flexibility index (Phi) is 9.13. The van der Waals surface area contributed by atoms with E-state index in [2.05, 4.69) is 4.90 Å². The smallest absolute Gasteiger partial charge is 0.260 e. The van der Waals surface area contributed by atoms with E-state index in [1.165, 1.54) is 11.3 Å². The summed E-state index contributed by atoms with van der Waals surface area (Å²) in [5.74, 6) is 1.36. The molecule has 1 aromatic heterocycles. The van der Waals surface area contributed by atoms with Gasteiger partial charge in [0.25, 0.3) is 5.91 Å². The average Bonchev–Trinajstić information content (AvgIpc) is 3.28. The van der Waals surface area contributed by atoms with Crippen molar-refractivity contribution in [1.82, 2.24) is 9.88 Å². The number of benzene rings is 2. The summed E-state index contributed by atoms with van der Waals surface area (Å²) in [6.45, 7) is 8.87. The topological polar surface area (TPSA) is 64.1 Å². The van der Waals surface area contributed by atoms with Crippen molar-refractivity contribution in [2.24, 2.45) is 0 Å². The zero-order valence-corrected chi connectivity index (χ0v) is 21.8. The van der Waals surface area contributed by atoms with Crippen molar-refractivity contribution in [1.29, 1.82) is 0 Å². The van der Waals surface area contributed by atoms with Crippen LogP contribution in [0.25, 0.3) is 10.2 Å². The molecule has 3 aromatic rings. The molecule has 0 N–H and O–H groups in total. The van der Waals surface area contributed by atoms with Gasteiger partial charge < -0.3 is 14.2 Å². The molecule has 4 rings (SSSR count). The summed E-state index contributed by atoms with van der Waals surface area (Å²) in [4.78, 5) is 22.8. The van der Waals surface area contributed by atoms with Gasteiger partial charge in [-0.05, 0) is 44.0 Å². The number of halogens is 1. The molecule has 1 aliphatic heterocycles. The van der Waals surface area contributed by atoms with Crippen LogP contribution >= 0.6 is 23.7 Å². The van der Waals surface area contributed by atoms with Crippen molar-refractivity contribution in [2.45, 2.75) is 20.3 Å². The van der Waals surface area contributed by atoms with Gasteiger partial charge in [0.2, 0.25) is 0 Å². The van der Waals surface area contributed by atoms with Crippen LogP contribution in [0.15, 0.2) is 30.3 Å². The average molecular weight is 506 g/mol. The minimum Gasteiger partial charge on any atom is -0.495 e. The Morgan fingerprint density at radius 1 is 1.12 bits per heavy atom. The van der Waals surface area contributed by atoms with Crippen LogP contribution in [0.4, 0.5) is 5.13 Å². The molecule has 34 heavy (non-hydrogen) atoms. The second-order valence-electron chi connectivity index (χ2n) is 8.23. The SMILES string of the molecule is COc1ccc(OC)c2sc(N(CCCN3CCOCC3)C(=O)c3cc(C)ccc3C)nc12.Cl. The molecular formula is C25H32ClN3O4S. The zero-order valence-electron chi connectivity index (χ0n) is 20.1. The van der Waals surface area contributed by atoms with Crippen molar-refractivity contribution in [3.8, 4) is 11.5 Å². The Balaban J connectivity index is 0.00000324. The van der Waals surface area contributed by atoms with Gasteiger partial charge in [-0.15, -0.1) is 12.4 Å². The molecule has 0 saturated carbocycles. The molecule has 0 unspecified atom stereocenters. The predicted molar refractivity (Wildman–Crippen MR) is 139 cm³/mol. The van der Waals surface area contributed by atoms with Gasteiger partial charge >= 0.3 is 0 Å². The fraction of sp³-hybridized carbons (Fsp3) is 0.440. The van der Waals surface area contributed by atoms with E-state index >= 15 is 0 Å². The third-order valence-electron chi connectivity index (χ3n) is 5.96. The quantitative estimate of drug-likeness (QED) is 0.441. The van der Waals surface area contributed by atoms with Crippen LogP contribution in [0.3, 0.4) is 0 Å². The highest BCUT2D eigenvalue weighted by Gasteiger charge is 2.25. The Morgan fingerprint density at radius 2 is 1.82 bits per heavy atom. The highest BCUT2D eigenvalue weighted by atomic mass is 35.5. The maximum Gasteiger partial charge on any atom is 0.260 e. The number of hydrogen-bond acceptors (Lipinski definition) is 7. The summed E-state index contributed by atoms with van der Waals surface area (Å²) >= 11 is 1.46. The third kappa shape index (κ3) is 5.63. The van der Waals surface area contributed by atoms with E-state index in [-0.39, 0.29) is 18.3 Å². The van der Waals surface area contributed by atoms with Gasteiger partial charge in [0.05, 0.1) is 27.4 Å². The van der Waals surface area contributed by atoms with Crippen molar-refractivity contribution >= 4 is 45.0 Å². The number of nitrogens with zero attached hydrogens (tertiary/aromatic N) is 3. The van der Waals surface area contributed by atoms with Gasteiger partial charge in [0.1, 0.15) is 21.7 Å². The molecule has 9 heteroatoms. The molecule has 184 valence electrons. The Labute approximate surface area is 211 Å². The van der Waals surface area contributed by atoms with Crippen LogP contribution in [0.5, 0.6) is 11.5 Å². The first-order valence-corrected chi connectivity index (χ1v) is 12.0. The molecule has 1 saturated heterocycles. The lowest BCUT2D eigenvalue weighted by Crippen LogP contribution is -2.39. The first kappa shape index (κ1) is 26.2. The van der Waals surface area contributed by atoms with Crippen molar-refractivity contribution in [3.05, 3.63) is 47.0 Å². The lowest BCUT2D eigenvalue weighted by atomic mass is 10.0. The van der Waals surface area contributed by atoms with E-state index in [4.69, 9.17) is 19.2 Å². The molecule has 1 amide bonds. The number of ether oxygens (including phenoxy) is 3. The van der Waals surface area contributed by atoms with Gasteiger partial charge in [-0.2, -0.15) is 0 Å². The highest BCUT2D eigenvalue weighted by Crippen LogP contribution is 2.40. The molecule has 0 bridgehead atoms.